The van der Waals surface area contributed by atoms with E-state index in [0.29, 0.717) is 67.0 Å². The summed E-state index contributed by atoms with van der Waals surface area (Å²) >= 11 is 0. The first-order chi connectivity index (χ1) is 22.9. The maximum atomic E-state index is 17.6. The summed E-state index contributed by atoms with van der Waals surface area (Å²) in [4.78, 5) is 14.2. The maximum Gasteiger partial charge on any atom is 0.319 e. The number of phenols is 1. The third-order valence-electron chi connectivity index (χ3n) is 11.1. The van der Waals surface area contributed by atoms with E-state index in [2.05, 4.69) is 15.1 Å². The van der Waals surface area contributed by atoms with Crippen molar-refractivity contribution in [2.75, 3.05) is 50.9 Å². The Balaban J connectivity index is 1.25. The molecule has 4 aromatic rings. The summed E-state index contributed by atoms with van der Waals surface area (Å²) in [7, 11) is 0. The number of rotatable bonds is 6. The zero-order chi connectivity index (χ0) is 31.7. The third-order valence-corrected chi connectivity index (χ3v) is 11.1. The van der Waals surface area contributed by atoms with Gasteiger partial charge in [0.15, 0.2) is 5.82 Å². The van der Waals surface area contributed by atoms with Crippen LogP contribution in [-0.4, -0.2) is 89.8 Å². The molecule has 0 aliphatic carbocycles. The summed E-state index contributed by atoms with van der Waals surface area (Å²) in [6, 6.07) is 13.9. The first-order valence-corrected chi connectivity index (χ1v) is 17.0. The van der Waals surface area contributed by atoms with Crippen LogP contribution in [0.2, 0.25) is 0 Å². The average Bonchev–Trinajstić information content (AvgIpc) is 3.73. The molecule has 0 radical (unpaired) electrons. The van der Waals surface area contributed by atoms with E-state index in [-0.39, 0.29) is 29.4 Å². The van der Waals surface area contributed by atoms with E-state index >= 15 is 4.39 Å². The molecule has 6 heterocycles. The van der Waals surface area contributed by atoms with E-state index in [0.717, 1.165) is 67.2 Å². The van der Waals surface area contributed by atoms with Crippen LogP contribution in [0.15, 0.2) is 48.5 Å². The van der Waals surface area contributed by atoms with Gasteiger partial charge in [-0.25, -0.2) is 8.78 Å². The topological polar surface area (TPSA) is 83.0 Å². The average molecular weight is 640 g/mol. The Labute approximate surface area is 272 Å². The molecule has 0 unspecified atom stereocenters. The second-order valence-corrected chi connectivity index (χ2v) is 14.0. The Kier molecular flexibility index (Phi) is 7.10. The fourth-order valence-electron chi connectivity index (χ4n) is 8.90. The Morgan fingerprint density at radius 2 is 1.89 bits per heavy atom. The van der Waals surface area contributed by atoms with E-state index < -0.39 is 12.0 Å². The number of anilines is 1. The number of fused-ring (bicyclic) bond motifs is 5. The SMILES string of the molecule is Oc1cc(-c2c(C3=CCOCC3)cc3c(N4C[C@H]5CC[C@@H](C4)N5)nc(OC[C@@]45CCCN4C[C@H](F)C5)nc3c2F)c2ccccc2c1. The van der Waals surface area contributed by atoms with Crippen LogP contribution in [0.1, 0.15) is 44.1 Å². The zero-order valence-electron chi connectivity index (χ0n) is 26.4. The van der Waals surface area contributed by atoms with Gasteiger partial charge in [0.25, 0.3) is 0 Å². The summed E-state index contributed by atoms with van der Waals surface area (Å²) < 4.78 is 44.2. The molecule has 47 heavy (non-hydrogen) atoms. The van der Waals surface area contributed by atoms with Crippen LogP contribution >= 0.6 is 0 Å². The summed E-state index contributed by atoms with van der Waals surface area (Å²) in [6.45, 7) is 4.06. The monoisotopic (exact) mass is 639 g/mol. The molecule has 8 nitrogen and oxygen atoms in total. The number of nitrogens with one attached hydrogen (secondary N) is 1. The second kappa shape index (κ2) is 11.4. The molecule has 0 amide bonds. The Morgan fingerprint density at radius 1 is 1.04 bits per heavy atom. The number of aromatic hydroxyl groups is 1. The van der Waals surface area contributed by atoms with Gasteiger partial charge in [-0.3, -0.25) is 4.90 Å². The van der Waals surface area contributed by atoms with Crippen LogP contribution in [0.5, 0.6) is 11.8 Å². The molecule has 9 rings (SSSR count). The van der Waals surface area contributed by atoms with Gasteiger partial charge in [-0.2, -0.15) is 9.97 Å². The number of phenolic OH excluding ortho intramolecular Hbond substituents is 1. The number of benzene rings is 3. The molecule has 2 N–H and O–H groups in total. The summed E-state index contributed by atoms with van der Waals surface area (Å²) in [5.41, 5.74) is 2.55. The summed E-state index contributed by atoms with van der Waals surface area (Å²) in [5.74, 6) is 0.258. The molecule has 1 aromatic heterocycles. The van der Waals surface area contributed by atoms with E-state index in [1.807, 2.05) is 36.4 Å². The van der Waals surface area contributed by atoms with E-state index in [1.165, 1.54) is 0 Å². The molecule has 4 saturated heterocycles. The highest BCUT2D eigenvalue weighted by Gasteiger charge is 2.49. The minimum atomic E-state index is -0.877. The maximum absolute atomic E-state index is 17.6. The van der Waals surface area contributed by atoms with Crippen molar-refractivity contribution in [2.45, 2.75) is 62.3 Å². The fraction of sp³-hybridized carbons (Fsp3) is 0.459. The molecule has 4 fully saturated rings. The Morgan fingerprint density at radius 3 is 2.72 bits per heavy atom. The van der Waals surface area contributed by atoms with E-state index in [1.54, 1.807) is 12.1 Å². The van der Waals surface area contributed by atoms with Gasteiger partial charge in [0, 0.05) is 49.1 Å². The predicted octanol–water partition coefficient (Wildman–Crippen LogP) is 5.99. The number of piperazine rings is 1. The Bertz CT molecular complexity index is 1910. The molecule has 2 bridgehead atoms. The molecule has 0 saturated carbocycles. The minimum Gasteiger partial charge on any atom is -0.508 e. The van der Waals surface area contributed by atoms with Crippen LogP contribution in [-0.2, 0) is 4.74 Å². The van der Waals surface area contributed by atoms with Crippen LogP contribution in [0.4, 0.5) is 14.6 Å². The van der Waals surface area contributed by atoms with Gasteiger partial charge in [0.05, 0.1) is 18.8 Å². The quantitative estimate of drug-likeness (QED) is 0.266. The lowest BCUT2D eigenvalue weighted by Gasteiger charge is -2.35. The lowest BCUT2D eigenvalue weighted by Crippen LogP contribution is -2.51. The van der Waals surface area contributed by atoms with Gasteiger partial charge in [-0.05, 0) is 84.3 Å². The number of halogens is 2. The molecular weight excluding hydrogens is 600 g/mol. The van der Waals surface area contributed by atoms with E-state index in [4.69, 9.17) is 19.4 Å². The second-order valence-electron chi connectivity index (χ2n) is 14.0. The highest BCUT2D eigenvalue weighted by atomic mass is 19.1. The molecule has 244 valence electrons. The standard InChI is InChI=1S/C37H39F2N5O3/c38-24-17-37(10-3-11-44(37)18-24)21-47-36-41-34-31(35(42-36)43-19-25-6-7-26(20-43)40-25)16-29(22-8-12-46-13-9-22)32(33(34)39)30-15-27(45)14-23-4-1-2-5-28(23)30/h1-2,4-5,8,14-16,24-26,40,45H,3,6-7,9-13,17-21H2/t24-,25-,26+,37+/m1/s1. The first-order valence-electron chi connectivity index (χ1n) is 17.0. The van der Waals surface area contributed by atoms with Crippen molar-refractivity contribution in [1.29, 1.82) is 0 Å². The molecule has 5 aliphatic rings. The van der Waals surface area contributed by atoms with Gasteiger partial charge in [-0.1, -0.05) is 30.3 Å². The predicted molar refractivity (Wildman–Crippen MR) is 178 cm³/mol. The number of nitrogens with zero attached hydrogens (tertiary/aromatic N) is 4. The highest BCUT2D eigenvalue weighted by Crippen LogP contribution is 2.45. The number of ether oxygens (including phenoxy) is 2. The normalized spacial score (nSPS) is 27.5. The van der Waals surface area contributed by atoms with E-state index in [9.17, 15) is 9.50 Å². The van der Waals surface area contributed by atoms with Crippen molar-refractivity contribution in [1.82, 2.24) is 20.2 Å². The van der Waals surface area contributed by atoms with Crippen LogP contribution in [0, 0.1) is 5.82 Å². The lowest BCUT2D eigenvalue weighted by atomic mass is 9.87. The molecular formula is C37H39F2N5O3. The van der Waals surface area contributed by atoms with Gasteiger partial charge < -0.3 is 24.8 Å². The first kappa shape index (κ1) is 29.3. The van der Waals surface area contributed by atoms with Crippen molar-refractivity contribution in [3.63, 3.8) is 0 Å². The highest BCUT2D eigenvalue weighted by molar-refractivity contribution is 6.05. The smallest absolute Gasteiger partial charge is 0.319 e. The van der Waals surface area contributed by atoms with Crippen molar-refractivity contribution >= 4 is 33.1 Å². The number of hydrogen-bond donors (Lipinski definition) is 2. The zero-order valence-corrected chi connectivity index (χ0v) is 26.4. The van der Waals surface area contributed by atoms with Gasteiger partial charge >= 0.3 is 6.01 Å². The van der Waals surface area contributed by atoms with Crippen molar-refractivity contribution < 1.29 is 23.4 Å². The largest absolute Gasteiger partial charge is 0.508 e. The van der Waals surface area contributed by atoms with Crippen molar-refractivity contribution in [2.24, 2.45) is 0 Å². The number of aromatic nitrogens is 2. The molecule has 4 atom stereocenters. The van der Waals surface area contributed by atoms with Gasteiger partial charge in [0.1, 0.15) is 29.9 Å². The molecule has 5 aliphatic heterocycles. The van der Waals surface area contributed by atoms with Crippen LogP contribution < -0.4 is 15.0 Å². The molecule has 3 aromatic carbocycles. The third kappa shape index (κ3) is 5.03. The van der Waals surface area contributed by atoms with Gasteiger partial charge in [-0.15, -0.1) is 0 Å². The van der Waals surface area contributed by atoms with Crippen molar-refractivity contribution in [3.8, 4) is 22.9 Å². The lowest BCUT2D eigenvalue weighted by molar-refractivity contribution is 0.107. The Hall–Kier alpha value is -3.86. The number of hydrogen-bond acceptors (Lipinski definition) is 8. The fourth-order valence-corrected chi connectivity index (χ4v) is 8.90. The summed E-state index contributed by atoms with van der Waals surface area (Å²) in [6.07, 6.45) is 6.27. The molecule has 10 heteroatoms. The minimum absolute atomic E-state index is 0.0666. The van der Waals surface area contributed by atoms with Crippen LogP contribution in [0.3, 0.4) is 0 Å². The molecule has 0 spiro atoms. The van der Waals surface area contributed by atoms with Gasteiger partial charge in [0.2, 0.25) is 0 Å². The number of alkyl halides is 1. The van der Waals surface area contributed by atoms with Crippen molar-refractivity contribution in [3.05, 3.63) is 59.9 Å². The van der Waals surface area contributed by atoms with Crippen LogP contribution in [0.25, 0.3) is 38.4 Å². The summed E-state index contributed by atoms with van der Waals surface area (Å²) in [5, 5.41) is 16.8.